The molecule has 2 amide bonds. The van der Waals surface area contributed by atoms with Crippen molar-refractivity contribution in [1.82, 2.24) is 10.2 Å². The van der Waals surface area contributed by atoms with Gasteiger partial charge >= 0.3 is 0 Å². The van der Waals surface area contributed by atoms with Crippen LogP contribution in [-0.2, 0) is 22.4 Å². The Morgan fingerprint density at radius 3 is 2.28 bits per heavy atom. The third-order valence-corrected chi connectivity index (χ3v) is 4.17. The van der Waals surface area contributed by atoms with Crippen molar-refractivity contribution in [3.8, 4) is 0 Å². The smallest absolute Gasteiger partial charge is 0.242 e. The molecule has 25 heavy (non-hydrogen) atoms. The van der Waals surface area contributed by atoms with Crippen LogP contribution < -0.4 is 5.32 Å². The van der Waals surface area contributed by atoms with Crippen molar-refractivity contribution in [2.24, 2.45) is 0 Å². The Kier molecular flexibility index (Phi) is 6.69. The number of hydrogen-bond acceptors (Lipinski definition) is 2. The zero-order valence-corrected chi connectivity index (χ0v) is 14.5. The lowest BCUT2D eigenvalue weighted by Gasteiger charge is -2.28. The molecule has 2 aromatic rings. The van der Waals surface area contributed by atoms with E-state index in [0.717, 1.165) is 11.1 Å². The van der Waals surface area contributed by atoms with Crippen molar-refractivity contribution in [3.63, 3.8) is 0 Å². The van der Waals surface area contributed by atoms with E-state index in [1.807, 2.05) is 30.3 Å². The van der Waals surface area contributed by atoms with Gasteiger partial charge in [-0.3, -0.25) is 9.59 Å². The van der Waals surface area contributed by atoms with Crippen LogP contribution in [0.3, 0.4) is 0 Å². The second-order valence-corrected chi connectivity index (χ2v) is 5.92. The van der Waals surface area contributed by atoms with E-state index in [4.69, 9.17) is 0 Å². The molecule has 1 N–H and O–H groups in total. The highest BCUT2D eigenvalue weighted by Gasteiger charge is 2.25. The van der Waals surface area contributed by atoms with Crippen LogP contribution in [0.5, 0.6) is 0 Å². The van der Waals surface area contributed by atoms with Gasteiger partial charge in [0.25, 0.3) is 0 Å². The molecule has 4 nitrogen and oxygen atoms in total. The van der Waals surface area contributed by atoms with Gasteiger partial charge in [-0.1, -0.05) is 42.5 Å². The molecule has 0 radical (unpaired) electrons. The molecule has 0 saturated carbocycles. The number of rotatable bonds is 7. The topological polar surface area (TPSA) is 49.4 Å². The monoisotopic (exact) mass is 342 g/mol. The van der Waals surface area contributed by atoms with Gasteiger partial charge in [0.2, 0.25) is 11.8 Å². The average Bonchev–Trinajstić information content (AvgIpc) is 2.63. The number of nitrogens with one attached hydrogen (secondary N) is 1. The van der Waals surface area contributed by atoms with Gasteiger partial charge in [0, 0.05) is 13.6 Å². The summed E-state index contributed by atoms with van der Waals surface area (Å²) in [6, 6.07) is 15.1. The molecule has 1 atom stereocenters. The maximum absolute atomic E-state index is 13.0. The Labute approximate surface area is 147 Å². The molecule has 0 aliphatic rings. The molecular weight excluding hydrogens is 319 g/mol. The second-order valence-electron chi connectivity index (χ2n) is 5.92. The van der Waals surface area contributed by atoms with E-state index in [-0.39, 0.29) is 24.1 Å². The normalized spacial score (nSPS) is 11.6. The fourth-order valence-corrected chi connectivity index (χ4v) is 2.66. The van der Waals surface area contributed by atoms with Crippen molar-refractivity contribution in [1.29, 1.82) is 0 Å². The van der Waals surface area contributed by atoms with Crippen LogP contribution in [0.15, 0.2) is 54.6 Å². The maximum Gasteiger partial charge on any atom is 0.242 e. The lowest BCUT2D eigenvalue weighted by molar-refractivity contribution is -0.139. The van der Waals surface area contributed by atoms with Crippen LogP contribution in [0, 0.1) is 5.82 Å². The van der Waals surface area contributed by atoms with Crippen LogP contribution >= 0.6 is 0 Å². The molecule has 0 fully saturated rings. The van der Waals surface area contributed by atoms with E-state index in [1.165, 1.54) is 12.1 Å². The highest BCUT2D eigenvalue weighted by molar-refractivity contribution is 5.88. The number of halogens is 1. The third-order valence-electron chi connectivity index (χ3n) is 4.17. The lowest BCUT2D eigenvalue weighted by Crippen LogP contribution is -2.48. The van der Waals surface area contributed by atoms with E-state index in [2.05, 4.69) is 5.32 Å². The van der Waals surface area contributed by atoms with Crippen molar-refractivity contribution in [3.05, 3.63) is 71.5 Å². The Bertz CT molecular complexity index is 701. The van der Waals surface area contributed by atoms with Gasteiger partial charge in [-0.05, 0) is 36.6 Å². The van der Waals surface area contributed by atoms with E-state index in [0.29, 0.717) is 13.0 Å². The van der Waals surface area contributed by atoms with Crippen LogP contribution in [0.2, 0.25) is 0 Å². The second kappa shape index (κ2) is 8.97. The summed E-state index contributed by atoms with van der Waals surface area (Å²) in [6.07, 6.45) is 0.799. The molecule has 2 rings (SSSR count). The van der Waals surface area contributed by atoms with E-state index in [9.17, 15) is 14.0 Å². The van der Waals surface area contributed by atoms with Crippen LogP contribution in [0.25, 0.3) is 0 Å². The predicted octanol–water partition coefficient (Wildman–Crippen LogP) is 2.57. The molecule has 5 heteroatoms. The third kappa shape index (κ3) is 5.41. The molecular formula is C20H23FN2O2. The van der Waals surface area contributed by atoms with Crippen molar-refractivity contribution in [2.45, 2.75) is 25.8 Å². The summed E-state index contributed by atoms with van der Waals surface area (Å²) in [7, 11) is 1.55. The summed E-state index contributed by atoms with van der Waals surface area (Å²) < 4.78 is 13.0. The first-order valence-corrected chi connectivity index (χ1v) is 8.30. The van der Waals surface area contributed by atoms with Gasteiger partial charge in [0.05, 0.1) is 6.42 Å². The number of nitrogens with zero attached hydrogens (tertiary/aromatic N) is 1. The molecule has 0 saturated heterocycles. The van der Waals surface area contributed by atoms with Crippen molar-refractivity contribution < 1.29 is 14.0 Å². The number of hydrogen-bond donors (Lipinski definition) is 1. The van der Waals surface area contributed by atoms with E-state index in [1.54, 1.807) is 31.0 Å². The summed E-state index contributed by atoms with van der Waals surface area (Å²) in [5, 5.41) is 2.59. The molecule has 0 spiro atoms. The average molecular weight is 342 g/mol. The first kappa shape index (κ1) is 18.6. The summed E-state index contributed by atoms with van der Waals surface area (Å²) in [4.78, 5) is 26.3. The SMILES string of the molecule is CNC(=O)[C@H](C)N(CCc1ccccc1)C(=O)Cc1ccc(F)cc1. The number of amides is 2. The molecule has 0 unspecified atom stereocenters. The van der Waals surface area contributed by atoms with Crippen molar-refractivity contribution >= 4 is 11.8 Å². The number of carbonyl (C=O) groups is 2. The minimum atomic E-state index is -0.568. The predicted molar refractivity (Wildman–Crippen MR) is 95.5 cm³/mol. The lowest BCUT2D eigenvalue weighted by atomic mass is 10.1. The Hall–Kier alpha value is -2.69. The van der Waals surface area contributed by atoms with Gasteiger partial charge in [0.1, 0.15) is 11.9 Å². The molecule has 0 heterocycles. The van der Waals surface area contributed by atoms with Crippen molar-refractivity contribution in [2.75, 3.05) is 13.6 Å². The molecule has 0 aromatic heterocycles. The minimum Gasteiger partial charge on any atom is -0.357 e. The van der Waals surface area contributed by atoms with Gasteiger partial charge in [0.15, 0.2) is 0 Å². The first-order valence-electron chi connectivity index (χ1n) is 8.30. The van der Waals surface area contributed by atoms with Gasteiger partial charge in [-0.25, -0.2) is 4.39 Å². The minimum absolute atomic E-state index is 0.135. The number of likely N-dealkylation sites (N-methyl/N-ethyl adjacent to an activating group) is 1. The summed E-state index contributed by atoms with van der Waals surface area (Å²) >= 11 is 0. The fourth-order valence-electron chi connectivity index (χ4n) is 2.66. The molecule has 0 bridgehead atoms. The highest BCUT2D eigenvalue weighted by Crippen LogP contribution is 2.10. The van der Waals surface area contributed by atoms with Gasteiger partial charge in [-0.15, -0.1) is 0 Å². The summed E-state index contributed by atoms with van der Waals surface area (Å²) in [5.74, 6) is -0.699. The van der Waals surface area contributed by atoms with Gasteiger partial charge < -0.3 is 10.2 Å². The standard InChI is InChI=1S/C20H23FN2O2/c1-15(20(25)22-2)23(13-12-16-6-4-3-5-7-16)19(24)14-17-8-10-18(21)11-9-17/h3-11,15H,12-14H2,1-2H3,(H,22,25)/t15-/m0/s1. The number of benzene rings is 2. The molecule has 2 aromatic carbocycles. The van der Waals surface area contributed by atoms with Crippen LogP contribution in [0.1, 0.15) is 18.1 Å². The molecule has 132 valence electrons. The first-order chi connectivity index (χ1) is 12.0. The van der Waals surface area contributed by atoms with Crippen LogP contribution in [0.4, 0.5) is 4.39 Å². The van der Waals surface area contributed by atoms with E-state index < -0.39 is 6.04 Å². The zero-order chi connectivity index (χ0) is 18.2. The fraction of sp³-hybridized carbons (Fsp3) is 0.300. The van der Waals surface area contributed by atoms with Gasteiger partial charge in [-0.2, -0.15) is 0 Å². The molecule has 0 aliphatic carbocycles. The zero-order valence-electron chi connectivity index (χ0n) is 14.5. The quantitative estimate of drug-likeness (QED) is 0.841. The number of carbonyl (C=O) groups excluding carboxylic acids is 2. The highest BCUT2D eigenvalue weighted by atomic mass is 19.1. The Balaban J connectivity index is 2.10. The largest absolute Gasteiger partial charge is 0.357 e. The summed E-state index contributed by atoms with van der Waals surface area (Å²) in [6.45, 7) is 2.16. The molecule has 0 aliphatic heterocycles. The Morgan fingerprint density at radius 2 is 1.68 bits per heavy atom. The van der Waals surface area contributed by atoms with Crippen LogP contribution in [-0.4, -0.2) is 36.3 Å². The summed E-state index contributed by atoms with van der Waals surface area (Å²) in [5.41, 5.74) is 1.83. The maximum atomic E-state index is 13.0. The Morgan fingerprint density at radius 1 is 1.04 bits per heavy atom. The van der Waals surface area contributed by atoms with E-state index >= 15 is 0 Å².